The summed E-state index contributed by atoms with van der Waals surface area (Å²) in [5.74, 6) is 0.811. The number of aromatic nitrogens is 1. The van der Waals surface area contributed by atoms with Crippen molar-refractivity contribution in [3.8, 4) is 11.3 Å². The Kier molecular flexibility index (Phi) is 12.7. The second kappa shape index (κ2) is 14.9. The van der Waals surface area contributed by atoms with Gasteiger partial charge in [0.2, 0.25) is 0 Å². The van der Waals surface area contributed by atoms with Crippen molar-refractivity contribution in [3.63, 3.8) is 0 Å². The molecule has 1 N–H and O–H groups in total. The van der Waals surface area contributed by atoms with E-state index in [1.54, 1.807) is 0 Å². The normalized spacial score (nSPS) is 12.3. The van der Waals surface area contributed by atoms with Crippen LogP contribution in [0.3, 0.4) is 0 Å². The zero-order chi connectivity index (χ0) is 30.5. The van der Waals surface area contributed by atoms with Gasteiger partial charge in [0.1, 0.15) is 5.76 Å². The molecule has 2 aromatic heterocycles. The van der Waals surface area contributed by atoms with Crippen LogP contribution in [0.5, 0.6) is 0 Å². The molecule has 4 rings (SSSR count). The van der Waals surface area contributed by atoms with Gasteiger partial charge in [-0.05, 0) is 54.8 Å². The number of fused-ring (bicyclic) bond motifs is 3. The van der Waals surface area contributed by atoms with Gasteiger partial charge in [-0.15, -0.1) is 46.2 Å². The van der Waals surface area contributed by atoms with E-state index in [4.69, 9.17) is 4.98 Å². The Morgan fingerprint density at radius 2 is 1.55 bits per heavy atom. The summed E-state index contributed by atoms with van der Waals surface area (Å²) >= 11 is 1.90. The Hall–Kier alpha value is -2.33. The monoisotopic (exact) mass is 763 g/mol. The van der Waals surface area contributed by atoms with Gasteiger partial charge in [-0.25, -0.2) is 0 Å². The Morgan fingerprint density at radius 1 is 0.952 bits per heavy atom. The number of hydrogen-bond donors (Lipinski definition) is 1. The molecule has 1 radical (unpaired) electrons. The smallest absolute Gasteiger partial charge is 0.164 e. The predicted octanol–water partition coefficient (Wildman–Crippen LogP) is 11.3. The molecule has 0 saturated carbocycles. The number of thiophene rings is 1. The van der Waals surface area contributed by atoms with Gasteiger partial charge in [0.05, 0.1) is 5.52 Å². The van der Waals surface area contributed by atoms with E-state index in [1.807, 2.05) is 52.9 Å². The molecule has 42 heavy (non-hydrogen) atoms. The van der Waals surface area contributed by atoms with Crippen LogP contribution < -0.4 is 0 Å². The third-order valence-electron chi connectivity index (χ3n) is 8.96. The zero-order valence-electron chi connectivity index (χ0n) is 27.1. The summed E-state index contributed by atoms with van der Waals surface area (Å²) in [4.78, 5) is 18.6. The fraction of sp³-hybridized carbons (Fsp3) is 0.459. The van der Waals surface area contributed by atoms with Crippen LogP contribution in [0, 0.1) is 30.7 Å². The number of ketones is 1. The van der Waals surface area contributed by atoms with Crippen LogP contribution in [0.1, 0.15) is 103 Å². The van der Waals surface area contributed by atoms with E-state index >= 15 is 0 Å². The molecule has 0 aliphatic carbocycles. The molecule has 4 aromatic rings. The summed E-state index contributed by atoms with van der Waals surface area (Å²) in [6.07, 6.45) is 4.75. The number of carbonyl (C=O) groups is 1. The van der Waals surface area contributed by atoms with Gasteiger partial charge in [0.25, 0.3) is 0 Å². The summed E-state index contributed by atoms with van der Waals surface area (Å²) in [6, 6.07) is 18.6. The maximum Gasteiger partial charge on any atom is 0.164 e. The minimum atomic E-state index is -0.337. The van der Waals surface area contributed by atoms with Crippen LogP contribution in [-0.2, 0) is 24.9 Å². The average molecular weight is 763 g/mol. The Labute approximate surface area is 271 Å². The number of aryl methyl sites for hydroxylation is 2. The first-order valence-electron chi connectivity index (χ1n) is 15.1. The SMILES string of the molecule is CCC(C)(CC)C(=O)/C=C(\O)C(C)(CC)CC.Cc1[c-]c(-c2nc3ccccc3c3sc(C(C)C)cc23)cc(C)c1.[Ir]. The van der Waals surface area contributed by atoms with Gasteiger partial charge >= 0.3 is 0 Å². The van der Waals surface area contributed by atoms with E-state index in [2.05, 4.69) is 76.2 Å². The molecule has 0 aliphatic heterocycles. The van der Waals surface area contributed by atoms with Gasteiger partial charge in [0, 0.05) is 52.0 Å². The van der Waals surface area contributed by atoms with E-state index < -0.39 is 0 Å². The number of rotatable bonds is 9. The number of carbonyl (C=O) groups excluding carboxylic acids is 1. The summed E-state index contributed by atoms with van der Waals surface area (Å²) in [5, 5.41) is 12.6. The maximum atomic E-state index is 12.2. The van der Waals surface area contributed by atoms with Crippen LogP contribution in [0.4, 0.5) is 0 Å². The fourth-order valence-electron chi connectivity index (χ4n) is 4.93. The largest absolute Gasteiger partial charge is 0.512 e. The molecule has 5 heteroatoms. The van der Waals surface area contributed by atoms with Crippen molar-refractivity contribution in [2.45, 2.75) is 101 Å². The van der Waals surface area contributed by atoms with Gasteiger partial charge in [-0.3, -0.25) is 9.78 Å². The number of para-hydroxylation sites is 1. The summed E-state index contributed by atoms with van der Waals surface area (Å²) in [5.41, 5.74) is 5.02. The maximum absolute atomic E-state index is 12.2. The molecular formula is C37H48IrNO2S-. The molecule has 229 valence electrons. The first-order valence-corrected chi connectivity index (χ1v) is 15.9. The third kappa shape index (κ3) is 7.78. The first-order chi connectivity index (χ1) is 19.3. The molecule has 0 spiro atoms. The number of allylic oxidation sites excluding steroid dienone is 2. The zero-order valence-corrected chi connectivity index (χ0v) is 30.3. The number of pyridine rings is 1. The molecule has 0 fully saturated rings. The van der Waals surface area contributed by atoms with E-state index in [9.17, 15) is 9.90 Å². The van der Waals surface area contributed by atoms with Crippen molar-refractivity contribution >= 4 is 38.1 Å². The van der Waals surface area contributed by atoms with Crippen LogP contribution in [-0.4, -0.2) is 15.9 Å². The van der Waals surface area contributed by atoms with Gasteiger partial charge < -0.3 is 5.11 Å². The van der Waals surface area contributed by atoms with Crippen molar-refractivity contribution in [1.82, 2.24) is 4.98 Å². The van der Waals surface area contributed by atoms with Crippen molar-refractivity contribution in [2.24, 2.45) is 10.8 Å². The van der Waals surface area contributed by atoms with Crippen molar-refractivity contribution in [1.29, 1.82) is 0 Å². The number of nitrogens with zero attached hydrogens (tertiary/aromatic N) is 1. The minimum Gasteiger partial charge on any atom is -0.512 e. The molecule has 0 bridgehead atoms. The van der Waals surface area contributed by atoms with Crippen LogP contribution in [0.15, 0.2) is 54.3 Å². The molecule has 0 saturated heterocycles. The molecular weight excluding hydrogens is 715 g/mol. The molecule has 0 unspecified atom stereocenters. The quantitative estimate of drug-likeness (QED) is 0.105. The first kappa shape index (κ1) is 35.9. The summed E-state index contributed by atoms with van der Waals surface area (Å²) < 4.78 is 1.34. The fourth-order valence-corrected chi connectivity index (χ4v) is 6.12. The second-order valence-electron chi connectivity index (χ2n) is 12.2. The van der Waals surface area contributed by atoms with Crippen LogP contribution in [0.25, 0.3) is 32.2 Å². The van der Waals surface area contributed by atoms with Gasteiger partial charge in [0.15, 0.2) is 5.78 Å². The van der Waals surface area contributed by atoms with Crippen LogP contribution in [0.2, 0.25) is 0 Å². The number of hydrogen-bond acceptors (Lipinski definition) is 4. The molecule has 2 heterocycles. The van der Waals surface area contributed by atoms with Crippen molar-refractivity contribution in [3.05, 3.63) is 76.4 Å². The van der Waals surface area contributed by atoms with Gasteiger partial charge in [-0.1, -0.05) is 87.4 Å². The van der Waals surface area contributed by atoms with Gasteiger partial charge in [-0.2, -0.15) is 0 Å². The Bertz CT molecular complexity index is 1520. The molecule has 0 aliphatic rings. The Morgan fingerprint density at radius 3 is 2.10 bits per heavy atom. The van der Waals surface area contributed by atoms with E-state index in [-0.39, 0.29) is 42.5 Å². The van der Waals surface area contributed by atoms with Crippen molar-refractivity contribution < 1.29 is 30.0 Å². The Balaban J connectivity index is 0.000000307. The van der Waals surface area contributed by atoms with E-state index in [0.29, 0.717) is 5.92 Å². The van der Waals surface area contributed by atoms with E-state index in [1.165, 1.54) is 32.0 Å². The molecule has 0 amide bonds. The van der Waals surface area contributed by atoms with Crippen molar-refractivity contribution in [2.75, 3.05) is 0 Å². The number of aliphatic hydroxyl groups excluding tert-OH is 1. The average Bonchev–Trinajstić information content (AvgIpc) is 3.42. The number of benzene rings is 2. The predicted molar refractivity (Wildman–Crippen MR) is 178 cm³/mol. The molecule has 2 aromatic carbocycles. The molecule has 3 nitrogen and oxygen atoms in total. The van der Waals surface area contributed by atoms with Crippen LogP contribution >= 0.6 is 11.3 Å². The topological polar surface area (TPSA) is 50.2 Å². The standard InChI is InChI=1S/C22H20NS.C15H28O2.Ir/c1-13(2)20-12-18-21(16-10-14(3)9-15(4)11-16)23-19-8-6-5-7-17(19)22(18)24-20;1-7-14(5,8-2)12(16)11-13(17)15(6,9-3)10-4;/h5-10,12-13H,1-4H3;11,16H,7-10H2,1-6H3;/q-1;;/b;12-11-;. The summed E-state index contributed by atoms with van der Waals surface area (Å²) in [7, 11) is 0. The molecule has 0 atom stereocenters. The number of aliphatic hydroxyl groups is 1. The third-order valence-corrected chi connectivity index (χ3v) is 10.4. The minimum absolute atomic E-state index is 0. The summed E-state index contributed by atoms with van der Waals surface area (Å²) in [6.45, 7) is 20.8. The second-order valence-corrected chi connectivity index (χ2v) is 13.3. The van der Waals surface area contributed by atoms with E-state index in [0.717, 1.165) is 48.0 Å².